The Balaban J connectivity index is 2.62. The van der Waals surface area contributed by atoms with Crippen LogP contribution in [0, 0.1) is 0 Å². The Morgan fingerprint density at radius 1 is 1.50 bits per heavy atom. The van der Waals surface area contributed by atoms with E-state index in [1.807, 2.05) is 7.05 Å². The lowest BCUT2D eigenvalue weighted by Crippen LogP contribution is -2.47. The van der Waals surface area contributed by atoms with E-state index in [0.717, 1.165) is 19.4 Å². The van der Waals surface area contributed by atoms with Gasteiger partial charge in [-0.15, -0.1) is 0 Å². The predicted octanol–water partition coefficient (Wildman–Crippen LogP) is 1.61. The molecule has 3 unspecified atom stereocenters. The van der Waals surface area contributed by atoms with Crippen molar-refractivity contribution in [2.75, 3.05) is 20.2 Å². The van der Waals surface area contributed by atoms with Gasteiger partial charge in [0.2, 0.25) is 0 Å². The molecule has 3 nitrogen and oxygen atoms in total. The van der Waals surface area contributed by atoms with Crippen LogP contribution in [0.2, 0.25) is 0 Å². The van der Waals surface area contributed by atoms with Crippen LogP contribution in [0.25, 0.3) is 0 Å². The highest BCUT2D eigenvalue weighted by atomic mass is 16.3. The summed E-state index contributed by atoms with van der Waals surface area (Å²) in [6.07, 6.45) is 4.59. The lowest BCUT2D eigenvalue weighted by molar-refractivity contribution is 0.125. The molecule has 1 aliphatic rings. The Kier molecular flexibility index (Phi) is 5.22. The first-order chi connectivity index (χ1) is 7.62. The minimum absolute atomic E-state index is 0.0223. The number of likely N-dealkylation sites (N-methyl/N-ethyl adjacent to an activating group) is 1. The fraction of sp³-hybridized carbons (Fsp3) is 1.00. The fourth-order valence-electron chi connectivity index (χ4n) is 3.00. The topological polar surface area (TPSA) is 35.5 Å². The van der Waals surface area contributed by atoms with Crippen molar-refractivity contribution in [1.29, 1.82) is 0 Å². The van der Waals surface area contributed by atoms with Gasteiger partial charge in [-0.3, -0.25) is 4.90 Å². The van der Waals surface area contributed by atoms with Crippen molar-refractivity contribution in [3.8, 4) is 0 Å². The third-order valence-electron chi connectivity index (χ3n) is 4.41. The second-order valence-electron chi connectivity index (χ2n) is 5.17. The molecule has 96 valence electrons. The zero-order valence-electron chi connectivity index (χ0n) is 11.3. The first-order valence-corrected chi connectivity index (χ1v) is 6.68. The predicted molar refractivity (Wildman–Crippen MR) is 68.6 cm³/mol. The highest BCUT2D eigenvalue weighted by molar-refractivity contribution is 4.99. The van der Waals surface area contributed by atoms with E-state index in [9.17, 15) is 5.11 Å². The standard InChI is InChI=1S/C13H28N2O/c1-5-11(3)15(6-2)12-7-8-13(9-12,10-16)14-4/h11-12,14,16H,5-10H2,1-4H3. The molecule has 0 amide bonds. The summed E-state index contributed by atoms with van der Waals surface area (Å²) in [5, 5.41) is 12.8. The first-order valence-electron chi connectivity index (χ1n) is 6.68. The Bertz CT molecular complexity index is 204. The van der Waals surface area contributed by atoms with Crippen LogP contribution >= 0.6 is 0 Å². The highest BCUT2D eigenvalue weighted by Crippen LogP contribution is 2.33. The van der Waals surface area contributed by atoms with E-state index < -0.39 is 0 Å². The molecule has 1 saturated carbocycles. The molecule has 0 aromatic heterocycles. The van der Waals surface area contributed by atoms with E-state index in [0.29, 0.717) is 12.1 Å². The zero-order chi connectivity index (χ0) is 12.2. The molecule has 1 fully saturated rings. The largest absolute Gasteiger partial charge is 0.394 e. The molecule has 0 radical (unpaired) electrons. The summed E-state index contributed by atoms with van der Waals surface area (Å²) in [6.45, 7) is 8.18. The normalized spacial score (nSPS) is 32.2. The van der Waals surface area contributed by atoms with Crippen LogP contribution in [0.3, 0.4) is 0 Å². The van der Waals surface area contributed by atoms with E-state index in [2.05, 4.69) is 31.0 Å². The van der Waals surface area contributed by atoms with E-state index in [4.69, 9.17) is 0 Å². The van der Waals surface area contributed by atoms with Gasteiger partial charge in [0.25, 0.3) is 0 Å². The van der Waals surface area contributed by atoms with Gasteiger partial charge in [0.05, 0.1) is 6.61 Å². The summed E-state index contributed by atoms with van der Waals surface area (Å²) >= 11 is 0. The Morgan fingerprint density at radius 3 is 2.56 bits per heavy atom. The molecule has 3 atom stereocenters. The zero-order valence-corrected chi connectivity index (χ0v) is 11.3. The van der Waals surface area contributed by atoms with Gasteiger partial charge in [0.1, 0.15) is 0 Å². The molecule has 3 heteroatoms. The Morgan fingerprint density at radius 2 is 2.19 bits per heavy atom. The fourth-order valence-corrected chi connectivity index (χ4v) is 3.00. The second-order valence-corrected chi connectivity index (χ2v) is 5.17. The first kappa shape index (κ1) is 13.9. The summed E-state index contributed by atoms with van der Waals surface area (Å²) < 4.78 is 0. The maximum Gasteiger partial charge on any atom is 0.0613 e. The number of aliphatic hydroxyl groups excluding tert-OH is 1. The minimum Gasteiger partial charge on any atom is -0.394 e. The number of hydrogen-bond donors (Lipinski definition) is 2. The van der Waals surface area contributed by atoms with Crippen LogP contribution < -0.4 is 5.32 Å². The molecule has 0 heterocycles. The molecular weight excluding hydrogens is 200 g/mol. The Hall–Kier alpha value is -0.120. The molecule has 0 aromatic rings. The average molecular weight is 228 g/mol. The molecular formula is C13H28N2O. The average Bonchev–Trinajstić information content (AvgIpc) is 2.75. The Labute approximate surface area is 100 Å². The summed E-state index contributed by atoms with van der Waals surface area (Å²) in [6, 6.07) is 1.29. The SMILES string of the molecule is CCC(C)N(CC)C1CCC(CO)(NC)C1. The molecule has 0 spiro atoms. The molecule has 1 aliphatic carbocycles. The smallest absolute Gasteiger partial charge is 0.0613 e. The molecule has 0 aliphatic heterocycles. The van der Waals surface area contributed by atoms with E-state index in [1.165, 1.54) is 12.8 Å². The molecule has 0 saturated heterocycles. The van der Waals surface area contributed by atoms with Crippen LogP contribution in [-0.2, 0) is 0 Å². The lowest BCUT2D eigenvalue weighted by Gasteiger charge is -2.34. The van der Waals surface area contributed by atoms with Crippen LogP contribution in [-0.4, -0.2) is 47.8 Å². The summed E-state index contributed by atoms with van der Waals surface area (Å²) in [5.74, 6) is 0. The van der Waals surface area contributed by atoms with E-state index in [1.54, 1.807) is 0 Å². The number of aliphatic hydroxyl groups is 1. The number of hydrogen-bond acceptors (Lipinski definition) is 3. The maximum absolute atomic E-state index is 9.50. The van der Waals surface area contributed by atoms with Crippen molar-refractivity contribution in [2.24, 2.45) is 0 Å². The van der Waals surface area contributed by atoms with Gasteiger partial charge in [0.15, 0.2) is 0 Å². The third-order valence-corrected chi connectivity index (χ3v) is 4.41. The van der Waals surface area contributed by atoms with Gasteiger partial charge in [-0.1, -0.05) is 13.8 Å². The molecule has 2 N–H and O–H groups in total. The van der Waals surface area contributed by atoms with Crippen molar-refractivity contribution in [3.05, 3.63) is 0 Å². The van der Waals surface area contributed by atoms with Crippen LogP contribution in [0.1, 0.15) is 46.5 Å². The quantitative estimate of drug-likeness (QED) is 0.725. The van der Waals surface area contributed by atoms with Crippen LogP contribution in [0.4, 0.5) is 0 Å². The molecule has 0 bridgehead atoms. The summed E-state index contributed by atoms with van der Waals surface area (Å²) in [4.78, 5) is 2.59. The van der Waals surface area contributed by atoms with Gasteiger partial charge >= 0.3 is 0 Å². The minimum atomic E-state index is -0.0223. The molecule has 1 rings (SSSR count). The van der Waals surface area contributed by atoms with Gasteiger partial charge in [-0.05, 0) is 46.2 Å². The van der Waals surface area contributed by atoms with Crippen molar-refractivity contribution in [3.63, 3.8) is 0 Å². The van der Waals surface area contributed by atoms with Crippen molar-refractivity contribution in [2.45, 2.75) is 64.1 Å². The number of nitrogens with zero attached hydrogens (tertiary/aromatic N) is 1. The molecule has 16 heavy (non-hydrogen) atoms. The summed E-state index contributed by atoms with van der Waals surface area (Å²) in [5.41, 5.74) is -0.0223. The van der Waals surface area contributed by atoms with Gasteiger partial charge in [-0.25, -0.2) is 0 Å². The number of rotatable bonds is 6. The monoisotopic (exact) mass is 228 g/mol. The maximum atomic E-state index is 9.50. The lowest BCUT2D eigenvalue weighted by atomic mass is 9.98. The third kappa shape index (κ3) is 2.76. The van der Waals surface area contributed by atoms with Gasteiger partial charge < -0.3 is 10.4 Å². The summed E-state index contributed by atoms with van der Waals surface area (Å²) in [7, 11) is 1.97. The second kappa shape index (κ2) is 5.99. The van der Waals surface area contributed by atoms with E-state index in [-0.39, 0.29) is 12.1 Å². The van der Waals surface area contributed by atoms with Crippen molar-refractivity contribution < 1.29 is 5.11 Å². The van der Waals surface area contributed by atoms with Crippen molar-refractivity contribution >= 4 is 0 Å². The van der Waals surface area contributed by atoms with Crippen LogP contribution in [0.5, 0.6) is 0 Å². The van der Waals surface area contributed by atoms with E-state index >= 15 is 0 Å². The van der Waals surface area contributed by atoms with Gasteiger partial charge in [-0.2, -0.15) is 0 Å². The highest BCUT2D eigenvalue weighted by Gasteiger charge is 2.40. The van der Waals surface area contributed by atoms with Gasteiger partial charge in [0, 0.05) is 17.6 Å². The molecule has 0 aromatic carbocycles. The number of nitrogens with one attached hydrogen (secondary N) is 1. The van der Waals surface area contributed by atoms with Crippen LogP contribution in [0.15, 0.2) is 0 Å². The van der Waals surface area contributed by atoms with Crippen molar-refractivity contribution in [1.82, 2.24) is 10.2 Å².